The molecule has 0 bridgehead atoms. The maximum atomic E-state index is 13.0. The maximum absolute atomic E-state index is 13.0. The molecule has 1 aromatic carbocycles. The van der Waals surface area contributed by atoms with Crippen molar-refractivity contribution in [2.75, 3.05) is 18.5 Å². The number of amides is 2. The summed E-state index contributed by atoms with van der Waals surface area (Å²) in [6, 6.07) is 9.93. The van der Waals surface area contributed by atoms with Crippen molar-refractivity contribution in [1.82, 2.24) is 14.5 Å². The lowest BCUT2D eigenvalue weighted by Gasteiger charge is -2.38. The highest BCUT2D eigenvalue weighted by molar-refractivity contribution is 6.03. The Bertz CT molecular complexity index is 1260. The predicted molar refractivity (Wildman–Crippen MR) is 143 cm³/mol. The van der Waals surface area contributed by atoms with Crippen LogP contribution in [-0.2, 0) is 30.5 Å². The Balaban J connectivity index is 1.84. The monoisotopic (exact) mass is 540 g/mol. The zero-order valence-electron chi connectivity index (χ0n) is 23.3. The van der Waals surface area contributed by atoms with E-state index in [4.69, 9.17) is 9.47 Å². The van der Waals surface area contributed by atoms with Crippen molar-refractivity contribution in [1.29, 1.82) is 0 Å². The number of likely N-dealkylation sites (tertiary alicyclic amines) is 1. The fourth-order valence-corrected chi connectivity index (χ4v) is 3.81. The van der Waals surface area contributed by atoms with Gasteiger partial charge < -0.3 is 19.7 Å². The van der Waals surface area contributed by atoms with Crippen LogP contribution in [0.25, 0.3) is 0 Å². The summed E-state index contributed by atoms with van der Waals surface area (Å²) >= 11 is 0. The highest BCUT2D eigenvalue weighted by atomic mass is 16.6. The number of nitrogens with zero attached hydrogens (tertiary/aromatic N) is 3. The zero-order chi connectivity index (χ0) is 29.0. The molecular weight excluding hydrogens is 504 g/mol. The van der Waals surface area contributed by atoms with Gasteiger partial charge in [0, 0.05) is 18.2 Å². The summed E-state index contributed by atoms with van der Waals surface area (Å²) in [6.07, 6.45) is 1.79. The summed E-state index contributed by atoms with van der Waals surface area (Å²) in [7, 11) is 0. The van der Waals surface area contributed by atoms with Crippen LogP contribution >= 0.6 is 0 Å². The number of benzene rings is 1. The molecule has 1 fully saturated rings. The minimum Gasteiger partial charge on any atom is -0.463 e. The summed E-state index contributed by atoms with van der Waals surface area (Å²) in [5.41, 5.74) is -3.02. The van der Waals surface area contributed by atoms with Crippen molar-refractivity contribution in [3.05, 3.63) is 58.6 Å². The first-order valence-corrected chi connectivity index (χ1v) is 12.7. The van der Waals surface area contributed by atoms with Crippen LogP contribution in [0.3, 0.4) is 0 Å². The van der Waals surface area contributed by atoms with Crippen LogP contribution in [0.1, 0.15) is 64.7 Å². The van der Waals surface area contributed by atoms with E-state index in [9.17, 15) is 24.0 Å². The molecule has 2 aromatic rings. The molecule has 0 aliphatic carbocycles. The lowest BCUT2D eigenvalue weighted by molar-refractivity contribution is -0.168. The minimum atomic E-state index is -1.17. The molecule has 1 aliphatic heterocycles. The minimum absolute atomic E-state index is 0.0577. The average molecular weight is 541 g/mol. The molecular formula is C28H36N4O7. The van der Waals surface area contributed by atoms with E-state index in [1.165, 1.54) is 21.7 Å². The molecule has 2 heterocycles. The number of aromatic nitrogens is 2. The number of ether oxygens (including phenoxy) is 2. The fourth-order valence-electron chi connectivity index (χ4n) is 3.81. The van der Waals surface area contributed by atoms with Crippen molar-refractivity contribution >= 4 is 29.6 Å². The van der Waals surface area contributed by atoms with E-state index in [1.54, 1.807) is 71.9 Å². The van der Waals surface area contributed by atoms with Crippen LogP contribution in [-0.4, -0.2) is 57.0 Å². The lowest BCUT2D eigenvalue weighted by atomic mass is 9.95. The number of carbonyl (C=O) groups is 4. The number of carbonyl (C=O) groups excluding carboxylic acids is 4. The Morgan fingerprint density at radius 3 is 2.00 bits per heavy atom. The van der Waals surface area contributed by atoms with Gasteiger partial charge >= 0.3 is 17.6 Å². The molecule has 2 amide bonds. The lowest BCUT2D eigenvalue weighted by Crippen LogP contribution is -2.55. The van der Waals surface area contributed by atoms with Crippen LogP contribution in [0.2, 0.25) is 0 Å². The molecule has 1 N–H and O–H groups in total. The highest BCUT2D eigenvalue weighted by Gasteiger charge is 2.48. The first-order chi connectivity index (χ1) is 18.1. The van der Waals surface area contributed by atoms with E-state index >= 15 is 0 Å². The molecule has 0 radical (unpaired) electrons. The van der Waals surface area contributed by atoms with E-state index in [0.29, 0.717) is 5.56 Å². The molecule has 11 heteroatoms. The zero-order valence-corrected chi connectivity index (χ0v) is 23.3. The first-order valence-electron chi connectivity index (χ1n) is 12.7. The third kappa shape index (κ3) is 7.30. The molecule has 1 aromatic heterocycles. The van der Waals surface area contributed by atoms with Gasteiger partial charge in [-0.25, -0.2) is 4.79 Å². The van der Waals surface area contributed by atoms with Crippen LogP contribution in [0.4, 0.5) is 5.82 Å². The smallest absolute Gasteiger partial charge is 0.350 e. The van der Waals surface area contributed by atoms with Crippen molar-refractivity contribution < 1.29 is 28.7 Å². The van der Waals surface area contributed by atoms with Crippen molar-refractivity contribution in [2.45, 2.75) is 66.6 Å². The van der Waals surface area contributed by atoms with Crippen LogP contribution < -0.4 is 11.0 Å². The van der Waals surface area contributed by atoms with E-state index in [1.807, 2.05) is 0 Å². The average Bonchev–Trinajstić information content (AvgIpc) is 3.17. The van der Waals surface area contributed by atoms with Crippen molar-refractivity contribution in [3.63, 3.8) is 0 Å². The van der Waals surface area contributed by atoms with Crippen LogP contribution in [0, 0.1) is 10.8 Å². The third-order valence-corrected chi connectivity index (χ3v) is 6.29. The molecule has 0 saturated carbocycles. The Hall–Kier alpha value is -4.02. The van der Waals surface area contributed by atoms with Gasteiger partial charge in [-0.1, -0.05) is 18.2 Å². The second-order valence-electron chi connectivity index (χ2n) is 11.7. The molecule has 11 nitrogen and oxygen atoms in total. The summed E-state index contributed by atoms with van der Waals surface area (Å²) < 4.78 is 12.4. The van der Waals surface area contributed by atoms with Crippen LogP contribution in [0.5, 0.6) is 0 Å². The number of esters is 2. The van der Waals surface area contributed by atoms with Gasteiger partial charge in [-0.15, -0.1) is 0 Å². The Labute approximate surface area is 227 Å². The highest BCUT2D eigenvalue weighted by Crippen LogP contribution is 2.33. The van der Waals surface area contributed by atoms with Gasteiger partial charge in [0.2, 0.25) is 5.91 Å². The second-order valence-corrected chi connectivity index (χ2v) is 11.7. The maximum Gasteiger partial charge on any atom is 0.350 e. The standard InChI is InChI=1S/C28H36N4O7/c1-26(2,3)23(35)38-16-28(17-39-24(36)27(4,5)6)14-12-21(33)32(28)18-31-15-13-20(30-25(31)37)29-22(34)19-10-8-7-9-11-19/h7-11,13,15H,12,14,16-18H2,1-6H3,(H,29,30,34,37). The quantitative estimate of drug-likeness (QED) is 0.505. The molecule has 0 spiro atoms. The van der Waals surface area contributed by atoms with Crippen molar-refractivity contribution in [3.8, 4) is 0 Å². The summed E-state index contributed by atoms with van der Waals surface area (Å²) in [6.45, 7) is 9.64. The Kier molecular flexibility index (Phi) is 8.62. The number of rotatable bonds is 8. The Morgan fingerprint density at radius 1 is 0.923 bits per heavy atom. The molecule has 1 aliphatic rings. The van der Waals surface area contributed by atoms with Gasteiger partial charge in [0.05, 0.1) is 10.8 Å². The summed E-state index contributed by atoms with van der Waals surface area (Å²) in [5.74, 6) is -1.60. The van der Waals surface area contributed by atoms with Gasteiger partial charge in [0.1, 0.15) is 31.2 Å². The molecule has 3 rings (SSSR count). The second kappa shape index (κ2) is 11.4. The molecule has 1 saturated heterocycles. The van der Waals surface area contributed by atoms with E-state index < -0.39 is 39.9 Å². The van der Waals surface area contributed by atoms with E-state index in [2.05, 4.69) is 10.3 Å². The summed E-state index contributed by atoms with van der Waals surface area (Å²) in [5, 5.41) is 2.58. The molecule has 0 unspecified atom stereocenters. The van der Waals surface area contributed by atoms with Gasteiger partial charge in [0.15, 0.2) is 0 Å². The molecule has 0 atom stereocenters. The van der Waals surface area contributed by atoms with E-state index in [-0.39, 0.29) is 44.4 Å². The predicted octanol–water partition coefficient (Wildman–Crippen LogP) is 2.99. The van der Waals surface area contributed by atoms with Gasteiger partial charge in [-0.3, -0.25) is 23.7 Å². The SMILES string of the molecule is CC(C)(C)C(=O)OCC1(COC(=O)C(C)(C)C)CCC(=O)N1Cn1ccc(NC(=O)c2ccccc2)nc1=O. The number of anilines is 1. The van der Waals surface area contributed by atoms with Gasteiger partial charge in [-0.05, 0) is 66.2 Å². The summed E-state index contributed by atoms with van der Waals surface area (Å²) in [4.78, 5) is 68.7. The number of hydrogen-bond donors (Lipinski definition) is 1. The largest absolute Gasteiger partial charge is 0.463 e. The number of nitrogens with one attached hydrogen (secondary N) is 1. The topological polar surface area (TPSA) is 137 Å². The van der Waals surface area contributed by atoms with Gasteiger partial charge in [-0.2, -0.15) is 4.98 Å². The van der Waals surface area contributed by atoms with Crippen molar-refractivity contribution in [2.24, 2.45) is 10.8 Å². The normalized spacial score (nSPS) is 15.1. The third-order valence-electron chi connectivity index (χ3n) is 6.29. The fraction of sp³-hybridized carbons (Fsp3) is 0.500. The van der Waals surface area contributed by atoms with E-state index in [0.717, 1.165) is 0 Å². The van der Waals surface area contributed by atoms with Gasteiger partial charge in [0.25, 0.3) is 5.91 Å². The van der Waals surface area contributed by atoms with Crippen LogP contribution in [0.15, 0.2) is 47.4 Å². The Morgan fingerprint density at radius 2 is 1.49 bits per heavy atom. The molecule has 210 valence electrons. The molecule has 39 heavy (non-hydrogen) atoms. The number of hydrogen-bond acceptors (Lipinski definition) is 8. The first kappa shape index (κ1) is 29.5.